The van der Waals surface area contributed by atoms with Gasteiger partial charge in [-0.2, -0.15) is 0 Å². The van der Waals surface area contributed by atoms with Crippen LogP contribution in [0.1, 0.15) is 11.6 Å². The van der Waals surface area contributed by atoms with E-state index in [1.54, 1.807) is 19.2 Å². The van der Waals surface area contributed by atoms with Crippen LogP contribution in [0.25, 0.3) is 5.82 Å². The summed E-state index contributed by atoms with van der Waals surface area (Å²) in [5.74, 6) is 2.64. The lowest BCUT2D eigenvalue weighted by atomic mass is 10.4. The molecule has 1 aromatic carbocycles. The lowest BCUT2D eigenvalue weighted by Gasteiger charge is -2.11. The summed E-state index contributed by atoms with van der Waals surface area (Å²) in [6.07, 6.45) is 3.50. The van der Waals surface area contributed by atoms with Crippen LogP contribution in [-0.4, -0.2) is 41.0 Å². The summed E-state index contributed by atoms with van der Waals surface area (Å²) >= 11 is 11.8. The molecule has 0 fully saturated rings. The molecule has 0 bridgehead atoms. The van der Waals surface area contributed by atoms with Gasteiger partial charge >= 0.3 is 0 Å². The minimum atomic E-state index is -3.78. The molecule has 0 saturated heterocycles. The molecule has 2 aromatic heterocycles. The van der Waals surface area contributed by atoms with Crippen molar-refractivity contribution in [2.24, 2.45) is 0 Å². The normalized spacial score (nSPS) is 11.6. The van der Waals surface area contributed by atoms with E-state index in [2.05, 4.69) is 25.0 Å². The first-order valence-corrected chi connectivity index (χ1v) is 10.5. The Bertz CT molecular complexity index is 1100. The Hall–Kier alpha value is -2.20. The van der Waals surface area contributed by atoms with Crippen molar-refractivity contribution in [3.8, 4) is 5.82 Å². The summed E-state index contributed by atoms with van der Waals surface area (Å²) in [6, 6.07) is 6.05. The van der Waals surface area contributed by atoms with Crippen molar-refractivity contribution < 1.29 is 8.42 Å². The summed E-state index contributed by atoms with van der Waals surface area (Å²) in [6.45, 7) is 4.11. The fraction of sp³-hybridized carbons (Fsp3) is 0.235. The van der Waals surface area contributed by atoms with Gasteiger partial charge in [0.2, 0.25) is 10.0 Å². The van der Waals surface area contributed by atoms with E-state index in [1.807, 2.05) is 17.7 Å². The highest BCUT2D eigenvalue weighted by atomic mass is 35.5. The number of hydrogen-bond acceptors (Lipinski definition) is 6. The SMILES string of the molecule is Cc1nc(NCCNS(=O)(=O)c2cc(Cl)ccc2Cl)cc(-n2ccnc2C)n1. The first-order chi connectivity index (χ1) is 13.3. The van der Waals surface area contributed by atoms with Gasteiger partial charge in [-0.15, -0.1) is 0 Å². The highest BCUT2D eigenvalue weighted by molar-refractivity contribution is 7.89. The quantitative estimate of drug-likeness (QED) is 0.547. The van der Waals surface area contributed by atoms with E-state index in [4.69, 9.17) is 23.2 Å². The van der Waals surface area contributed by atoms with Gasteiger partial charge in [0, 0.05) is 36.6 Å². The molecule has 0 unspecified atom stereocenters. The zero-order valence-electron chi connectivity index (χ0n) is 15.1. The van der Waals surface area contributed by atoms with Crippen LogP contribution in [0, 0.1) is 13.8 Å². The first kappa shape index (κ1) is 20.5. The van der Waals surface area contributed by atoms with Gasteiger partial charge < -0.3 is 5.32 Å². The molecule has 148 valence electrons. The molecule has 0 aliphatic rings. The Kier molecular flexibility index (Phi) is 6.19. The van der Waals surface area contributed by atoms with E-state index in [0.717, 1.165) is 5.82 Å². The zero-order valence-corrected chi connectivity index (χ0v) is 17.5. The average molecular weight is 441 g/mol. The van der Waals surface area contributed by atoms with Crippen LogP contribution in [0.15, 0.2) is 41.6 Å². The van der Waals surface area contributed by atoms with Crippen LogP contribution in [0.3, 0.4) is 0 Å². The maximum atomic E-state index is 12.4. The first-order valence-electron chi connectivity index (χ1n) is 8.31. The fourth-order valence-corrected chi connectivity index (χ4v) is 4.32. The van der Waals surface area contributed by atoms with Gasteiger partial charge in [0.25, 0.3) is 0 Å². The number of hydrogen-bond donors (Lipinski definition) is 2. The van der Waals surface area contributed by atoms with E-state index in [9.17, 15) is 8.42 Å². The van der Waals surface area contributed by atoms with Crippen molar-refractivity contribution in [1.29, 1.82) is 0 Å². The van der Waals surface area contributed by atoms with E-state index in [0.29, 0.717) is 29.0 Å². The van der Waals surface area contributed by atoms with E-state index < -0.39 is 10.0 Å². The Labute approximate surface area is 173 Å². The van der Waals surface area contributed by atoms with Crippen LogP contribution < -0.4 is 10.0 Å². The van der Waals surface area contributed by atoms with Gasteiger partial charge in [-0.05, 0) is 32.0 Å². The lowest BCUT2D eigenvalue weighted by molar-refractivity contribution is 0.583. The molecule has 3 aromatic rings. The molecule has 0 atom stereocenters. The van der Waals surface area contributed by atoms with Crippen LogP contribution in [0.4, 0.5) is 5.82 Å². The van der Waals surface area contributed by atoms with Crippen molar-refractivity contribution in [2.75, 3.05) is 18.4 Å². The zero-order chi connectivity index (χ0) is 20.3. The molecule has 11 heteroatoms. The molecule has 0 aliphatic heterocycles. The Balaban J connectivity index is 1.65. The number of imidazole rings is 1. The predicted octanol–water partition coefficient (Wildman–Crippen LogP) is 2.98. The number of rotatable bonds is 7. The minimum Gasteiger partial charge on any atom is -0.369 e. The molecule has 0 saturated carbocycles. The molecule has 0 amide bonds. The third kappa shape index (κ3) is 4.79. The summed E-state index contributed by atoms with van der Waals surface area (Å²) in [7, 11) is -3.78. The lowest BCUT2D eigenvalue weighted by Crippen LogP contribution is -2.29. The summed E-state index contributed by atoms with van der Waals surface area (Å²) in [5, 5.41) is 3.49. The number of anilines is 1. The monoisotopic (exact) mass is 440 g/mol. The van der Waals surface area contributed by atoms with Gasteiger partial charge in [-0.1, -0.05) is 23.2 Å². The molecule has 2 N–H and O–H groups in total. The highest BCUT2D eigenvalue weighted by Gasteiger charge is 2.17. The van der Waals surface area contributed by atoms with Gasteiger partial charge in [0.15, 0.2) is 0 Å². The van der Waals surface area contributed by atoms with Crippen LogP contribution in [-0.2, 0) is 10.0 Å². The standard InChI is InChI=1S/C17H18Cl2N6O2S/c1-11-23-16(10-17(24-11)25-8-7-20-12(25)2)21-5-6-22-28(26,27)15-9-13(18)3-4-14(15)19/h3-4,7-10,22H,5-6H2,1-2H3,(H,21,23,24). The van der Waals surface area contributed by atoms with Gasteiger partial charge in [0.05, 0.1) is 5.02 Å². The third-order valence-corrected chi connectivity index (χ3v) is 5.98. The minimum absolute atomic E-state index is 0.0579. The number of aryl methyl sites for hydroxylation is 2. The number of aromatic nitrogens is 4. The number of benzene rings is 1. The van der Waals surface area contributed by atoms with Crippen molar-refractivity contribution in [1.82, 2.24) is 24.2 Å². The maximum absolute atomic E-state index is 12.4. The number of sulfonamides is 1. The molecular formula is C17H18Cl2N6O2S. The molecule has 0 radical (unpaired) electrons. The van der Waals surface area contributed by atoms with E-state index in [-0.39, 0.29) is 16.5 Å². The van der Waals surface area contributed by atoms with Gasteiger partial charge in [-0.3, -0.25) is 4.57 Å². The molecule has 0 spiro atoms. The fourth-order valence-electron chi connectivity index (χ4n) is 2.52. The smallest absolute Gasteiger partial charge is 0.242 e. The van der Waals surface area contributed by atoms with Crippen molar-refractivity contribution in [2.45, 2.75) is 18.7 Å². The topological polar surface area (TPSA) is 102 Å². The molecular weight excluding hydrogens is 423 g/mol. The summed E-state index contributed by atoms with van der Waals surface area (Å²) < 4.78 is 29.1. The Morgan fingerprint density at radius 3 is 2.61 bits per heavy atom. The van der Waals surface area contributed by atoms with Gasteiger partial charge in [0.1, 0.15) is 28.2 Å². The van der Waals surface area contributed by atoms with Crippen molar-refractivity contribution in [3.05, 3.63) is 58.4 Å². The average Bonchev–Trinajstić information content (AvgIpc) is 3.06. The highest BCUT2D eigenvalue weighted by Crippen LogP contribution is 2.24. The molecule has 0 aliphatic carbocycles. The number of halogens is 2. The Morgan fingerprint density at radius 1 is 1.11 bits per heavy atom. The number of nitrogens with one attached hydrogen (secondary N) is 2. The second kappa shape index (κ2) is 8.44. The van der Waals surface area contributed by atoms with E-state index in [1.165, 1.54) is 18.2 Å². The van der Waals surface area contributed by atoms with Gasteiger partial charge in [-0.25, -0.2) is 28.1 Å². The van der Waals surface area contributed by atoms with Crippen LogP contribution in [0.2, 0.25) is 10.0 Å². The van der Waals surface area contributed by atoms with E-state index >= 15 is 0 Å². The second-order valence-corrected chi connectivity index (χ2v) is 8.48. The third-order valence-electron chi connectivity index (χ3n) is 3.80. The summed E-state index contributed by atoms with van der Waals surface area (Å²) in [5.41, 5.74) is 0. The predicted molar refractivity (Wildman–Crippen MR) is 109 cm³/mol. The Morgan fingerprint density at radius 2 is 1.89 bits per heavy atom. The van der Waals surface area contributed by atoms with Crippen LogP contribution in [0.5, 0.6) is 0 Å². The molecule has 8 nitrogen and oxygen atoms in total. The van der Waals surface area contributed by atoms with Crippen molar-refractivity contribution >= 4 is 39.0 Å². The molecule has 2 heterocycles. The summed E-state index contributed by atoms with van der Waals surface area (Å²) in [4.78, 5) is 12.8. The maximum Gasteiger partial charge on any atom is 0.242 e. The largest absolute Gasteiger partial charge is 0.369 e. The van der Waals surface area contributed by atoms with Crippen LogP contribution >= 0.6 is 23.2 Å². The molecule has 3 rings (SSSR count). The second-order valence-electron chi connectivity index (χ2n) is 5.90. The molecule has 28 heavy (non-hydrogen) atoms. The van der Waals surface area contributed by atoms with Crippen molar-refractivity contribution in [3.63, 3.8) is 0 Å². The number of nitrogens with zero attached hydrogens (tertiary/aromatic N) is 4.